The van der Waals surface area contributed by atoms with E-state index >= 15 is 0 Å². The Morgan fingerprint density at radius 3 is 2.24 bits per heavy atom. The predicted molar refractivity (Wildman–Crippen MR) is 103 cm³/mol. The van der Waals surface area contributed by atoms with Crippen molar-refractivity contribution in [3.8, 4) is 17.6 Å². The molecule has 0 N–H and O–H groups in total. The fourth-order valence-corrected chi connectivity index (χ4v) is 3.18. The van der Waals surface area contributed by atoms with Crippen LogP contribution >= 0.6 is 0 Å². The summed E-state index contributed by atoms with van der Waals surface area (Å²) in [7, 11) is 1.70. The number of methoxy groups -OCH3 is 1. The minimum Gasteiger partial charge on any atom is -0.497 e. The molecule has 3 nitrogen and oxygen atoms in total. The van der Waals surface area contributed by atoms with Gasteiger partial charge in [0.2, 0.25) is 0 Å². The van der Waals surface area contributed by atoms with E-state index in [1.54, 1.807) is 7.11 Å². The van der Waals surface area contributed by atoms with Crippen LogP contribution in [-0.2, 0) is 0 Å². The van der Waals surface area contributed by atoms with Crippen LogP contribution in [0.2, 0.25) is 0 Å². The maximum Gasteiger partial charge on any atom is 0.118 e. The van der Waals surface area contributed by atoms with Crippen LogP contribution in [-0.4, -0.2) is 49.6 Å². The molecule has 0 aromatic heterocycles. The molecule has 2 aromatic rings. The average Bonchev–Trinajstić information content (AvgIpc) is 2.70. The van der Waals surface area contributed by atoms with Crippen LogP contribution in [0.3, 0.4) is 0 Å². The predicted octanol–water partition coefficient (Wildman–Crippen LogP) is 3.43. The van der Waals surface area contributed by atoms with Crippen molar-refractivity contribution in [3.63, 3.8) is 0 Å². The van der Waals surface area contributed by atoms with Gasteiger partial charge < -0.3 is 9.64 Å². The molecule has 0 amide bonds. The van der Waals surface area contributed by atoms with E-state index in [-0.39, 0.29) is 6.04 Å². The molecule has 0 radical (unpaired) electrons. The summed E-state index contributed by atoms with van der Waals surface area (Å²) in [6.07, 6.45) is 0. The van der Waals surface area contributed by atoms with Gasteiger partial charge >= 0.3 is 0 Å². The Balaban J connectivity index is 1.84. The first-order valence-corrected chi connectivity index (χ1v) is 8.97. The first-order valence-electron chi connectivity index (χ1n) is 8.97. The zero-order valence-corrected chi connectivity index (χ0v) is 15.1. The highest BCUT2D eigenvalue weighted by Gasteiger charge is 2.23. The second-order valence-electron chi connectivity index (χ2n) is 6.28. The molecule has 1 atom stereocenters. The number of piperazine rings is 1. The van der Waals surface area contributed by atoms with Crippen LogP contribution in [0.4, 0.5) is 0 Å². The summed E-state index contributed by atoms with van der Waals surface area (Å²) in [5.74, 6) is 7.75. The number of ether oxygens (including phenoxy) is 1. The maximum atomic E-state index is 5.30. The van der Waals surface area contributed by atoms with E-state index in [9.17, 15) is 0 Å². The molecule has 1 unspecified atom stereocenters. The van der Waals surface area contributed by atoms with E-state index in [0.29, 0.717) is 0 Å². The summed E-state index contributed by atoms with van der Waals surface area (Å²) < 4.78 is 5.30. The summed E-state index contributed by atoms with van der Waals surface area (Å²) in [5.41, 5.74) is 2.29. The fraction of sp³-hybridized carbons (Fsp3) is 0.364. The molecular weight excluding hydrogens is 308 g/mol. The molecule has 3 rings (SSSR count). The number of nitrogens with zero attached hydrogens (tertiary/aromatic N) is 2. The van der Waals surface area contributed by atoms with Gasteiger partial charge in [-0.15, -0.1) is 0 Å². The van der Waals surface area contributed by atoms with E-state index in [1.807, 2.05) is 30.3 Å². The molecule has 1 saturated heterocycles. The van der Waals surface area contributed by atoms with Crippen LogP contribution in [0.25, 0.3) is 0 Å². The van der Waals surface area contributed by atoms with Crippen LogP contribution in [0.5, 0.6) is 5.75 Å². The van der Waals surface area contributed by atoms with Crippen molar-refractivity contribution in [1.29, 1.82) is 0 Å². The van der Waals surface area contributed by atoms with Gasteiger partial charge in [-0.05, 0) is 36.4 Å². The number of rotatable bonds is 4. The summed E-state index contributed by atoms with van der Waals surface area (Å²) >= 11 is 0. The molecule has 2 aromatic carbocycles. The van der Waals surface area contributed by atoms with Gasteiger partial charge in [-0.3, -0.25) is 4.90 Å². The number of benzene rings is 2. The SMILES string of the molecule is CCN1CCN(C(C#Cc2ccccc2)c2ccc(OC)cc2)CC1. The van der Waals surface area contributed by atoms with Gasteiger partial charge in [-0.2, -0.15) is 0 Å². The second kappa shape index (κ2) is 8.71. The van der Waals surface area contributed by atoms with Crippen molar-refractivity contribution in [2.75, 3.05) is 39.8 Å². The van der Waals surface area contributed by atoms with Gasteiger partial charge in [0, 0.05) is 31.7 Å². The van der Waals surface area contributed by atoms with Crippen molar-refractivity contribution in [2.24, 2.45) is 0 Å². The average molecular weight is 334 g/mol. The lowest BCUT2D eigenvalue weighted by Gasteiger charge is -2.37. The van der Waals surface area contributed by atoms with E-state index in [0.717, 1.165) is 44.0 Å². The third kappa shape index (κ3) is 4.63. The molecule has 0 saturated carbocycles. The van der Waals surface area contributed by atoms with Gasteiger partial charge in [0.25, 0.3) is 0 Å². The summed E-state index contributed by atoms with van der Waals surface area (Å²) in [6.45, 7) is 7.66. The zero-order chi connectivity index (χ0) is 17.5. The molecule has 3 heteroatoms. The Labute approximate surface area is 151 Å². The topological polar surface area (TPSA) is 15.7 Å². The molecule has 1 aliphatic heterocycles. The standard InChI is InChI=1S/C22H26N2O/c1-3-23-15-17-24(18-16-23)22(14-9-19-7-5-4-6-8-19)20-10-12-21(25-2)13-11-20/h4-8,10-13,22H,3,15-18H2,1-2H3. The molecule has 1 heterocycles. The zero-order valence-electron chi connectivity index (χ0n) is 15.1. The molecule has 1 fully saturated rings. The van der Waals surface area contributed by atoms with E-state index in [2.05, 4.69) is 52.8 Å². The van der Waals surface area contributed by atoms with Crippen molar-refractivity contribution in [2.45, 2.75) is 13.0 Å². The summed E-state index contributed by atoms with van der Waals surface area (Å²) in [5, 5.41) is 0. The maximum absolute atomic E-state index is 5.30. The molecule has 0 bridgehead atoms. The van der Waals surface area contributed by atoms with Gasteiger partial charge in [0.1, 0.15) is 5.75 Å². The van der Waals surface area contributed by atoms with Gasteiger partial charge in [0.15, 0.2) is 0 Å². The molecule has 0 aliphatic carbocycles. The highest BCUT2D eigenvalue weighted by Crippen LogP contribution is 2.24. The van der Waals surface area contributed by atoms with Crippen LogP contribution in [0.15, 0.2) is 54.6 Å². The fourth-order valence-electron chi connectivity index (χ4n) is 3.18. The number of hydrogen-bond acceptors (Lipinski definition) is 3. The lowest BCUT2D eigenvalue weighted by Crippen LogP contribution is -2.47. The van der Waals surface area contributed by atoms with Crippen LogP contribution in [0.1, 0.15) is 24.1 Å². The first kappa shape index (κ1) is 17.5. The van der Waals surface area contributed by atoms with Crippen LogP contribution in [0, 0.1) is 11.8 Å². The molecule has 130 valence electrons. The molecule has 25 heavy (non-hydrogen) atoms. The highest BCUT2D eigenvalue weighted by atomic mass is 16.5. The monoisotopic (exact) mass is 334 g/mol. The Bertz CT molecular complexity index is 707. The minimum atomic E-state index is 0.116. The summed E-state index contributed by atoms with van der Waals surface area (Å²) in [4.78, 5) is 4.98. The lowest BCUT2D eigenvalue weighted by atomic mass is 10.0. The Morgan fingerprint density at radius 2 is 1.64 bits per heavy atom. The highest BCUT2D eigenvalue weighted by molar-refractivity contribution is 5.39. The second-order valence-corrected chi connectivity index (χ2v) is 6.28. The third-order valence-corrected chi connectivity index (χ3v) is 4.78. The lowest BCUT2D eigenvalue weighted by molar-refractivity contribution is 0.119. The molecule has 0 spiro atoms. The number of hydrogen-bond donors (Lipinski definition) is 0. The summed E-state index contributed by atoms with van der Waals surface area (Å²) in [6, 6.07) is 18.6. The van der Waals surface area contributed by atoms with E-state index < -0.39 is 0 Å². The third-order valence-electron chi connectivity index (χ3n) is 4.78. The Morgan fingerprint density at radius 1 is 0.960 bits per heavy atom. The van der Waals surface area contributed by atoms with Crippen LogP contribution < -0.4 is 4.74 Å². The first-order chi connectivity index (χ1) is 12.3. The van der Waals surface area contributed by atoms with Gasteiger partial charge in [-0.25, -0.2) is 0 Å². The Kier molecular flexibility index (Phi) is 6.11. The van der Waals surface area contributed by atoms with E-state index in [4.69, 9.17) is 4.74 Å². The van der Waals surface area contributed by atoms with Crippen molar-refractivity contribution in [1.82, 2.24) is 9.80 Å². The smallest absolute Gasteiger partial charge is 0.118 e. The normalized spacial score (nSPS) is 16.7. The molecule has 1 aliphatic rings. The van der Waals surface area contributed by atoms with Gasteiger partial charge in [-0.1, -0.05) is 49.1 Å². The minimum absolute atomic E-state index is 0.116. The van der Waals surface area contributed by atoms with Crippen molar-refractivity contribution in [3.05, 3.63) is 65.7 Å². The van der Waals surface area contributed by atoms with Crippen molar-refractivity contribution >= 4 is 0 Å². The quantitative estimate of drug-likeness (QED) is 0.797. The molecular formula is C22H26N2O. The van der Waals surface area contributed by atoms with E-state index in [1.165, 1.54) is 5.56 Å². The Hall–Kier alpha value is -2.28. The van der Waals surface area contributed by atoms with Gasteiger partial charge in [0.05, 0.1) is 13.2 Å². The number of likely N-dealkylation sites (N-methyl/N-ethyl adjacent to an activating group) is 1. The van der Waals surface area contributed by atoms with Crippen molar-refractivity contribution < 1.29 is 4.74 Å². The largest absolute Gasteiger partial charge is 0.497 e.